The lowest BCUT2D eigenvalue weighted by molar-refractivity contribution is 0.464. The van der Waals surface area contributed by atoms with Crippen molar-refractivity contribution in [2.45, 2.75) is 31.8 Å². The molecule has 3 N–H and O–H groups in total. The van der Waals surface area contributed by atoms with Crippen LogP contribution in [0.3, 0.4) is 0 Å². The Balaban J connectivity index is 2.35. The summed E-state index contributed by atoms with van der Waals surface area (Å²) in [6, 6.07) is 7.72. The Morgan fingerprint density at radius 1 is 1.29 bits per heavy atom. The van der Waals surface area contributed by atoms with Gasteiger partial charge in [-0.25, -0.2) is 8.42 Å². The highest BCUT2D eigenvalue weighted by atomic mass is 32.2. The Hall–Kier alpha value is -1.70. The number of rotatable bonds is 5. The number of aryl methyl sites for hydroxylation is 2. The Bertz CT molecular complexity index is 737. The van der Waals surface area contributed by atoms with Gasteiger partial charge in [-0.2, -0.15) is 9.40 Å². The Morgan fingerprint density at radius 2 is 1.95 bits per heavy atom. The second-order valence-corrected chi connectivity index (χ2v) is 7.00. The van der Waals surface area contributed by atoms with Crippen LogP contribution in [0.5, 0.6) is 0 Å². The molecule has 0 aliphatic rings. The molecule has 21 heavy (non-hydrogen) atoms. The van der Waals surface area contributed by atoms with E-state index < -0.39 is 10.0 Å². The highest BCUT2D eigenvalue weighted by Crippen LogP contribution is 2.23. The van der Waals surface area contributed by atoms with E-state index in [9.17, 15) is 8.42 Å². The summed E-state index contributed by atoms with van der Waals surface area (Å²) in [6.07, 6.45) is 0. The number of benzene rings is 1. The number of hydrogen-bond acceptors (Lipinski definition) is 4. The van der Waals surface area contributed by atoms with Crippen LogP contribution in [-0.4, -0.2) is 30.0 Å². The monoisotopic (exact) mass is 308 g/mol. The molecule has 0 radical (unpaired) electrons. The predicted molar refractivity (Wildman–Crippen MR) is 81.0 cm³/mol. The summed E-state index contributed by atoms with van der Waals surface area (Å²) in [6.45, 7) is 4.03. The van der Waals surface area contributed by atoms with Crippen LogP contribution in [0.4, 0.5) is 0 Å². The van der Waals surface area contributed by atoms with Crippen LogP contribution < -0.4 is 5.73 Å². The first-order valence-corrected chi connectivity index (χ1v) is 8.06. The van der Waals surface area contributed by atoms with E-state index >= 15 is 0 Å². The number of hydrogen-bond donors (Lipinski definition) is 2. The van der Waals surface area contributed by atoms with E-state index in [-0.39, 0.29) is 11.4 Å². The molecule has 0 saturated carbocycles. The maximum Gasteiger partial charge on any atom is 0.246 e. The van der Waals surface area contributed by atoms with Gasteiger partial charge in [-0.05, 0) is 25.0 Å². The summed E-state index contributed by atoms with van der Waals surface area (Å²) >= 11 is 0. The number of nitrogens with one attached hydrogen (secondary N) is 1. The van der Waals surface area contributed by atoms with Crippen molar-refractivity contribution in [1.82, 2.24) is 14.5 Å². The highest BCUT2D eigenvalue weighted by Gasteiger charge is 2.28. The first-order valence-electron chi connectivity index (χ1n) is 6.62. The Kier molecular flexibility index (Phi) is 4.46. The van der Waals surface area contributed by atoms with Gasteiger partial charge in [0.2, 0.25) is 10.0 Å². The van der Waals surface area contributed by atoms with Crippen molar-refractivity contribution >= 4 is 10.0 Å². The molecule has 7 heteroatoms. The molecule has 0 unspecified atom stereocenters. The molecule has 0 aliphatic carbocycles. The van der Waals surface area contributed by atoms with Crippen LogP contribution >= 0.6 is 0 Å². The van der Waals surface area contributed by atoms with Gasteiger partial charge in [0, 0.05) is 20.1 Å². The van der Waals surface area contributed by atoms with Crippen LogP contribution in [-0.2, 0) is 23.1 Å². The van der Waals surface area contributed by atoms with Crippen LogP contribution in [0.25, 0.3) is 0 Å². The van der Waals surface area contributed by atoms with Crippen molar-refractivity contribution in [3.63, 3.8) is 0 Å². The van der Waals surface area contributed by atoms with Gasteiger partial charge in [0.1, 0.15) is 4.90 Å². The van der Waals surface area contributed by atoms with E-state index in [0.717, 1.165) is 11.1 Å². The topological polar surface area (TPSA) is 92.1 Å². The normalized spacial score (nSPS) is 12.0. The minimum Gasteiger partial charge on any atom is -0.325 e. The molecule has 0 atom stereocenters. The number of aromatic amines is 1. The van der Waals surface area contributed by atoms with Gasteiger partial charge >= 0.3 is 0 Å². The molecule has 2 rings (SSSR count). The predicted octanol–water partition coefficient (Wildman–Crippen LogP) is 1.31. The maximum atomic E-state index is 12.7. The molecule has 0 bridgehead atoms. The van der Waals surface area contributed by atoms with E-state index in [4.69, 9.17) is 5.73 Å². The summed E-state index contributed by atoms with van der Waals surface area (Å²) in [4.78, 5) is 0.182. The second kappa shape index (κ2) is 5.97. The average Bonchev–Trinajstić information content (AvgIpc) is 2.83. The third kappa shape index (κ3) is 2.99. The number of sulfonamides is 1. The molecule has 0 amide bonds. The van der Waals surface area contributed by atoms with Crippen molar-refractivity contribution in [3.8, 4) is 0 Å². The number of aromatic nitrogens is 2. The van der Waals surface area contributed by atoms with E-state index in [2.05, 4.69) is 10.2 Å². The minimum absolute atomic E-state index is 0.0805. The minimum atomic E-state index is -3.62. The zero-order chi connectivity index (χ0) is 15.6. The number of H-pyrrole nitrogens is 1. The molecule has 114 valence electrons. The smallest absolute Gasteiger partial charge is 0.246 e. The summed E-state index contributed by atoms with van der Waals surface area (Å²) in [5.74, 6) is 0. The second-order valence-electron chi connectivity index (χ2n) is 5.02. The standard InChI is InChI=1S/C14H20N4O2S/c1-10-6-4-5-7-12(10)9-18(3)21(19,20)14-11(2)16-17-13(14)8-15/h4-7H,8-9,15H2,1-3H3,(H,16,17). The van der Waals surface area contributed by atoms with Crippen LogP contribution in [0.1, 0.15) is 22.5 Å². The third-order valence-corrected chi connectivity index (χ3v) is 5.48. The Labute approximate surface area is 125 Å². The van der Waals surface area contributed by atoms with Gasteiger partial charge in [0.05, 0.1) is 11.4 Å². The molecule has 0 saturated heterocycles. The van der Waals surface area contributed by atoms with Crippen molar-refractivity contribution in [2.75, 3.05) is 7.05 Å². The lowest BCUT2D eigenvalue weighted by atomic mass is 10.1. The summed E-state index contributed by atoms with van der Waals surface area (Å²) in [5.41, 5.74) is 8.47. The van der Waals surface area contributed by atoms with Crippen LogP contribution in [0.2, 0.25) is 0 Å². The molecule has 0 fully saturated rings. The zero-order valence-electron chi connectivity index (χ0n) is 12.4. The first kappa shape index (κ1) is 15.7. The van der Waals surface area contributed by atoms with Crippen LogP contribution in [0, 0.1) is 13.8 Å². The fourth-order valence-electron chi connectivity index (χ4n) is 2.22. The Morgan fingerprint density at radius 3 is 2.57 bits per heavy atom. The summed E-state index contributed by atoms with van der Waals surface area (Å²) in [5, 5.41) is 6.64. The van der Waals surface area contributed by atoms with E-state index in [1.165, 1.54) is 4.31 Å². The number of nitrogens with two attached hydrogens (primary N) is 1. The first-order chi connectivity index (χ1) is 9.87. The van der Waals surface area contributed by atoms with Gasteiger partial charge in [0.15, 0.2) is 0 Å². The molecule has 0 aliphatic heterocycles. The SMILES string of the molecule is Cc1ccccc1CN(C)S(=O)(=O)c1c(CN)n[nH]c1C. The van der Waals surface area contributed by atoms with Crippen molar-refractivity contribution in [1.29, 1.82) is 0 Å². The summed E-state index contributed by atoms with van der Waals surface area (Å²) < 4.78 is 26.8. The van der Waals surface area contributed by atoms with E-state index in [1.807, 2.05) is 31.2 Å². The summed E-state index contributed by atoms with van der Waals surface area (Å²) in [7, 11) is -2.06. The lowest BCUT2D eigenvalue weighted by Gasteiger charge is -2.18. The van der Waals surface area contributed by atoms with E-state index in [1.54, 1.807) is 14.0 Å². The molecule has 1 aromatic heterocycles. The maximum absolute atomic E-state index is 12.7. The molecule has 1 aromatic carbocycles. The average molecular weight is 308 g/mol. The lowest BCUT2D eigenvalue weighted by Crippen LogP contribution is -2.28. The van der Waals surface area contributed by atoms with Crippen LogP contribution in [0.15, 0.2) is 29.2 Å². The zero-order valence-corrected chi connectivity index (χ0v) is 13.2. The van der Waals surface area contributed by atoms with Crippen molar-refractivity contribution < 1.29 is 8.42 Å². The highest BCUT2D eigenvalue weighted by molar-refractivity contribution is 7.89. The molecule has 1 heterocycles. The fraction of sp³-hybridized carbons (Fsp3) is 0.357. The molecule has 2 aromatic rings. The van der Waals surface area contributed by atoms with Crippen molar-refractivity contribution in [3.05, 3.63) is 46.8 Å². The largest absolute Gasteiger partial charge is 0.325 e. The quantitative estimate of drug-likeness (QED) is 0.871. The molecule has 6 nitrogen and oxygen atoms in total. The third-order valence-electron chi connectivity index (χ3n) is 3.48. The fourth-order valence-corrected chi connectivity index (χ4v) is 3.70. The molecular formula is C14H20N4O2S. The van der Waals surface area contributed by atoms with Crippen molar-refractivity contribution in [2.24, 2.45) is 5.73 Å². The van der Waals surface area contributed by atoms with Gasteiger partial charge < -0.3 is 5.73 Å². The van der Waals surface area contributed by atoms with Gasteiger partial charge in [-0.3, -0.25) is 5.10 Å². The molecular weight excluding hydrogens is 288 g/mol. The van der Waals surface area contributed by atoms with Gasteiger partial charge in [-0.15, -0.1) is 0 Å². The van der Waals surface area contributed by atoms with E-state index in [0.29, 0.717) is 17.9 Å². The van der Waals surface area contributed by atoms with Gasteiger partial charge in [0.25, 0.3) is 0 Å². The molecule has 0 spiro atoms. The number of nitrogens with zero attached hydrogens (tertiary/aromatic N) is 2. The van der Waals surface area contributed by atoms with Gasteiger partial charge in [-0.1, -0.05) is 24.3 Å².